The second kappa shape index (κ2) is 7.71. The first-order chi connectivity index (χ1) is 13.6. The number of rotatable bonds is 3. The highest BCUT2D eigenvalue weighted by Gasteiger charge is 2.30. The molecule has 3 N–H and O–H groups in total. The van der Waals surface area contributed by atoms with Gasteiger partial charge < -0.3 is 15.6 Å². The fraction of sp³-hybridized carbons (Fsp3) is 0.286. The molecule has 1 fully saturated rings. The van der Waals surface area contributed by atoms with Gasteiger partial charge >= 0.3 is 6.03 Å². The third kappa shape index (κ3) is 3.82. The van der Waals surface area contributed by atoms with Crippen LogP contribution >= 0.6 is 0 Å². The van der Waals surface area contributed by atoms with Crippen molar-refractivity contribution in [2.24, 2.45) is 0 Å². The normalized spacial score (nSPS) is 19.9. The third-order valence-corrected chi connectivity index (χ3v) is 5.20. The summed E-state index contributed by atoms with van der Waals surface area (Å²) in [6, 6.07) is 16.8. The number of nitrogens with one attached hydrogen (secondary N) is 3. The Morgan fingerprint density at radius 3 is 2.79 bits per heavy atom. The average Bonchev–Trinajstić information content (AvgIpc) is 3.14. The Labute approximate surface area is 163 Å². The van der Waals surface area contributed by atoms with Gasteiger partial charge in [-0.3, -0.25) is 4.90 Å². The number of hydrogen-bond acceptors (Lipinski definition) is 4. The van der Waals surface area contributed by atoms with E-state index in [1.54, 1.807) is 24.3 Å². The molecule has 1 saturated heterocycles. The molecule has 0 aliphatic carbocycles. The maximum absolute atomic E-state index is 12.4. The molecule has 0 saturated carbocycles. The van der Waals surface area contributed by atoms with Gasteiger partial charge in [0.05, 0.1) is 28.7 Å². The van der Waals surface area contributed by atoms with Gasteiger partial charge in [-0.25, -0.2) is 9.78 Å². The number of carbonyl (C=O) groups is 1. The van der Waals surface area contributed by atoms with Crippen LogP contribution in [0.5, 0.6) is 0 Å². The molecule has 3 aromatic rings. The number of anilines is 1. The molecule has 28 heavy (non-hydrogen) atoms. The Morgan fingerprint density at radius 1 is 1.25 bits per heavy atom. The van der Waals surface area contributed by atoms with Crippen LogP contribution in [0.1, 0.15) is 30.3 Å². The van der Waals surface area contributed by atoms with E-state index in [2.05, 4.69) is 33.6 Å². The molecule has 0 bridgehead atoms. The number of benzene rings is 2. The van der Waals surface area contributed by atoms with Gasteiger partial charge in [0.25, 0.3) is 0 Å². The minimum absolute atomic E-state index is 0.0628. The van der Waals surface area contributed by atoms with E-state index in [1.165, 1.54) is 0 Å². The summed E-state index contributed by atoms with van der Waals surface area (Å²) in [6.07, 6.45) is 1.67. The predicted molar refractivity (Wildman–Crippen MR) is 108 cm³/mol. The van der Waals surface area contributed by atoms with Crippen molar-refractivity contribution >= 4 is 22.8 Å². The number of nitriles is 1. The number of aromatic nitrogens is 2. The first-order valence-electron chi connectivity index (χ1n) is 9.35. The topological polar surface area (TPSA) is 96.8 Å². The SMILES string of the molecule is CN1CC[C@@H](NC(=O)Nc2ccc(C#N)cc2)C[C@H]1c1nc2ccccc2[nH]1. The van der Waals surface area contributed by atoms with Crippen molar-refractivity contribution in [2.45, 2.75) is 24.9 Å². The summed E-state index contributed by atoms with van der Waals surface area (Å²) in [4.78, 5) is 22.8. The summed E-state index contributed by atoms with van der Waals surface area (Å²) in [6.45, 7) is 0.878. The smallest absolute Gasteiger partial charge is 0.319 e. The van der Waals surface area contributed by atoms with Gasteiger partial charge in [0.15, 0.2) is 0 Å². The lowest BCUT2D eigenvalue weighted by atomic mass is 9.97. The number of carbonyl (C=O) groups excluding carboxylic acids is 1. The second-order valence-corrected chi connectivity index (χ2v) is 7.14. The Kier molecular flexibility index (Phi) is 4.96. The van der Waals surface area contributed by atoms with E-state index in [1.807, 2.05) is 24.3 Å². The zero-order valence-electron chi connectivity index (χ0n) is 15.6. The quantitative estimate of drug-likeness (QED) is 0.655. The molecule has 2 atom stereocenters. The molecule has 1 aliphatic rings. The van der Waals surface area contributed by atoms with Gasteiger partial charge in [-0.05, 0) is 56.3 Å². The Hall–Kier alpha value is -3.37. The number of amides is 2. The molecule has 1 aromatic heterocycles. The number of piperidine rings is 1. The number of hydrogen-bond donors (Lipinski definition) is 3. The van der Waals surface area contributed by atoms with Crippen LogP contribution in [-0.4, -0.2) is 40.5 Å². The van der Waals surface area contributed by atoms with Gasteiger partial charge in [-0.2, -0.15) is 5.26 Å². The fourth-order valence-electron chi connectivity index (χ4n) is 3.65. The molecule has 2 heterocycles. The lowest BCUT2D eigenvalue weighted by Gasteiger charge is -2.36. The molecule has 142 valence electrons. The van der Waals surface area contributed by atoms with Crippen LogP contribution in [0.2, 0.25) is 0 Å². The molecular weight excluding hydrogens is 352 g/mol. The molecule has 2 amide bonds. The van der Waals surface area contributed by atoms with E-state index in [0.717, 1.165) is 36.2 Å². The number of urea groups is 1. The van der Waals surface area contributed by atoms with Crippen LogP contribution in [-0.2, 0) is 0 Å². The first kappa shape index (κ1) is 18.0. The molecule has 7 heteroatoms. The molecule has 4 rings (SSSR count). The van der Waals surface area contributed by atoms with Crippen molar-refractivity contribution < 1.29 is 4.79 Å². The van der Waals surface area contributed by atoms with Crippen molar-refractivity contribution in [3.8, 4) is 6.07 Å². The molecular formula is C21H22N6O. The number of nitrogens with zero attached hydrogens (tertiary/aromatic N) is 3. The van der Waals surface area contributed by atoms with Gasteiger partial charge in [0.2, 0.25) is 0 Å². The van der Waals surface area contributed by atoms with Crippen LogP contribution in [0.15, 0.2) is 48.5 Å². The maximum Gasteiger partial charge on any atom is 0.319 e. The number of para-hydroxylation sites is 2. The van der Waals surface area contributed by atoms with Crippen LogP contribution in [0.25, 0.3) is 11.0 Å². The Morgan fingerprint density at radius 2 is 2.04 bits per heavy atom. The Bertz CT molecular complexity index is 986. The lowest BCUT2D eigenvalue weighted by molar-refractivity contribution is 0.153. The van der Waals surface area contributed by atoms with Gasteiger partial charge in [0.1, 0.15) is 5.82 Å². The maximum atomic E-state index is 12.4. The number of H-pyrrole nitrogens is 1. The molecule has 1 aliphatic heterocycles. The van der Waals surface area contributed by atoms with E-state index < -0.39 is 0 Å². The highest BCUT2D eigenvalue weighted by atomic mass is 16.2. The van der Waals surface area contributed by atoms with Crippen molar-refractivity contribution in [1.82, 2.24) is 20.2 Å². The van der Waals surface area contributed by atoms with Crippen molar-refractivity contribution in [2.75, 3.05) is 18.9 Å². The van der Waals surface area contributed by atoms with E-state index in [0.29, 0.717) is 11.3 Å². The number of fused-ring (bicyclic) bond motifs is 1. The highest BCUT2D eigenvalue weighted by Crippen LogP contribution is 2.29. The molecule has 2 aromatic carbocycles. The minimum Gasteiger partial charge on any atom is -0.341 e. The summed E-state index contributed by atoms with van der Waals surface area (Å²) in [5.74, 6) is 0.933. The van der Waals surface area contributed by atoms with E-state index >= 15 is 0 Å². The van der Waals surface area contributed by atoms with Crippen LogP contribution in [0.4, 0.5) is 10.5 Å². The predicted octanol–water partition coefficient (Wildman–Crippen LogP) is 3.39. The largest absolute Gasteiger partial charge is 0.341 e. The van der Waals surface area contributed by atoms with Gasteiger partial charge in [-0.1, -0.05) is 12.1 Å². The third-order valence-electron chi connectivity index (χ3n) is 5.20. The highest BCUT2D eigenvalue weighted by molar-refractivity contribution is 5.89. The minimum atomic E-state index is -0.234. The summed E-state index contributed by atoms with van der Waals surface area (Å²) in [7, 11) is 2.09. The summed E-state index contributed by atoms with van der Waals surface area (Å²) in [5.41, 5.74) is 3.22. The number of aromatic amines is 1. The van der Waals surface area contributed by atoms with Gasteiger partial charge in [-0.15, -0.1) is 0 Å². The zero-order chi connectivity index (χ0) is 19.5. The standard InChI is InChI=1S/C21H22N6O/c1-27-11-10-16(24-21(28)23-15-8-6-14(13-22)7-9-15)12-19(27)20-25-17-4-2-3-5-18(17)26-20/h2-9,16,19H,10-12H2,1H3,(H,25,26)(H2,23,24,28)/t16-,19+/m1/s1. The second-order valence-electron chi connectivity index (χ2n) is 7.14. The molecule has 7 nitrogen and oxygen atoms in total. The number of imidazole rings is 1. The average molecular weight is 374 g/mol. The zero-order valence-corrected chi connectivity index (χ0v) is 15.6. The molecule has 0 unspecified atom stereocenters. The van der Waals surface area contributed by atoms with Crippen LogP contribution in [0, 0.1) is 11.3 Å². The van der Waals surface area contributed by atoms with E-state index in [4.69, 9.17) is 10.2 Å². The summed E-state index contributed by atoms with van der Waals surface area (Å²) >= 11 is 0. The first-order valence-corrected chi connectivity index (χ1v) is 9.35. The lowest BCUT2D eigenvalue weighted by Crippen LogP contribution is -2.46. The van der Waals surface area contributed by atoms with Gasteiger partial charge in [0, 0.05) is 18.3 Å². The van der Waals surface area contributed by atoms with Crippen molar-refractivity contribution in [3.05, 3.63) is 59.9 Å². The van der Waals surface area contributed by atoms with Crippen LogP contribution < -0.4 is 10.6 Å². The van der Waals surface area contributed by atoms with Crippen molar-refractivity contribution in [3.63, 3.8) is 0 Å². The number of likely N-dealkylation sites (tertiary alicyclic amines) is 1. The monoisotopic (exact) mass is 374 g/mol. The Balaban J connectivity index is 1.41. The van der Waals surface area contributed by atoms with Crippen LogP contribution in [0.3, 0.4) is 0 Å². The fourth-order valence-corrected chi connectivity index (χ4v) is 3.65. The summed E-state index contributed by atoms with van der Waals surface area (Å²) in [5, 5.41) is 14.7. The van der Waals surface area contributed by atoms with E-state index in [-0.39, 0.29) is 18.1 Å². The molecule has 0 spiro atoms. The van der Waals surface area contributed by atoms with E-state index in [9.17, 15) is 4.79 Å². The molecule has 0 radical (unpaired) electrons. The van der Waals surface area contributed by atoms with Crippen molar-refractivity contribution in [1.29, 1.82) is 5.26 Å². The summed E-state index contributed by atoms with van der Waals surface area (Å²) < 4.78 is 0.